The van der Waals surface area contributed by atoms with Crippen molar-refractivity contribution in [3.63, 3.8) is 0 Å². The van der Waals surface area contributed by atoms with Crippen LogP contribution in [0.5, 0.6) is 11.5 Å². The summed E-state index contributed by atoms with van der Waals surface area (Å²) in [6, 6.07) is 27.4. The van der Waals surface area contributed by atoms with Crippen molar-refractivity contribution in [3.8, 4) is 11.5 Å². The van der Waals surface area contributed by atoms with E-state index >= 15 is 0 Å². The van der Waals surface area contributed by atoms with E-state index in [2.05, 4.69) is 31.2 Å². The summed E-state index contributed by atoms with van der Waals surface area (Å²) in [6.07, 6.45) is 0.771. The number of hydrogen-bond acceptors (Lipinski definition) is 3. The first-order valence-electron chi connectivity index (χ1n) is 10.6. The minimum absolute atomic E-state index is 0.161. The van der Waals surface area contributed by atoms with Gasteiger partial charge in [-0.15, -0.1) is 0 Å². The van der Waals surface area contributed by atoms with E-state index in [4.69, 9.17) is 14.6 Å². The monoisotopic (exact) mass is 426 g/mol. The number of carbonyl (C=O) groups is 1. The molecule has 0 saturated heterocycles. The predicted molar refractivity (Wildman–Crippen MR) is 127 cm³/mol. The quantitative estimate of drug-likeness (QED) is 0.351. The van der Waals surface area contributed by atoms with Gasteiger partial charge in [0.2, 0.25) is 0 Å². The van der Waals surface area contributed by atoms with Crippen molar-refractivity contribution >= 4 is 16.7 Å². The zero-order chi connectivity index (χ0) is 22.5. The summed E-state index contributed by atoms with van der Waals surface area (Å²) < 4.78 is 11.7. The smallest absolute Gasteiger partial charge is 0.335 e. The molecule has 4 nitrogen and oxygen atoms in total. The van der Waals surface area contributed by atoms with Gasteiger partial charge >= 0.3 is 5.97 Å². The SMILES string of the molecule is COc1ccc2c(C(C)Cc3ccc(C(=O)O)cc3)c(OCc3ccccc3)ccc2c1. The number of aromatic carboxylic acids is 1. The van der Waals surface area contributed by atoms with Gasteiger partial charge in [0.15, 0.2) is 0 Å². The number of methoxy groups -OCH3 is 1. The van der Waals surface area contributed by atoms with Crippen molar-refractivity contribution in [1.82, 2.24) is 0 Å². The third kappa shape index (κ3) is 4.75. The maximum absolute atomic E-state index is 11.2. The Morgan fingerprint density at radius 1 is 0.906 bits per heavy atom. The van der Waals surface area contributed by atoms with Gasteiger partial charge in [-0.25, -0.2) is 4.79 Å². The van der Waals surface area contributed by atoms with Gasteiger partial charge in [-0.2, -0.15) is 0 Å². The second kappa shape index (κ2) is 9.56. The number of rotatable bonds is 8. The van der Waals surface area contributed by atoms with E-state index in [0.717, 1.165) is 45.4 Å². The molecule has 0 aliphatic rings. The maximum Gasteiger partial charge on any atom is 0.335 e. The van der Waals surface area contributed by atoms with Crippen LogP contribution in [0.4, 0.5) is 0 Å². The Balaban J connectivity index is 1.68. The number of hydrogen-bond donors (Lipinski definition) is 1. The van der Waals surface area contributed by atoms with Crippen molar-refractivity contribution in [1.29, 1.82) is 0 Å². The molecule has 32 heavy (non-hydrogen) atoms. The average molecular weight is 427 g/mol. The predicted octanol–water partition coefficient (Wildman–Crippen LogP) is 6.47. The summed E-state index contributed by atoms with van der Waals surface area (Å²) in [6.45, 7) is 2.68. The molecule has 0 bridgehead atoms. The van der Waals surface area contributed by atoms with Crippen LogP contribution < -0.4 is 9.47 Å². The second-order valence-electron chi connectivity index (χ2n) is 7.95. The fraction of sp³-hybridized carbons (Fsp3) is 0.179. The van der Waals surface area contributed by atoms with E-state index in [9.17, 15) is 4.79 Å². The molecule has 1 unspecified atom stereocenters. The molecule has 1 atom stereocenters. The van der Waals surface area contributed by atoms with Crippen molar-refractivity contribution in [2.45, 2.75) is 25.9 Å². The molecule has 0 aromatic heterocycles. The van der Waals surface area contributed by atoms with Crippen LogP contribution in [-0.2, 0) is 13.0 Å². The number of ether oxygens (including phenoxy) is 2. The minimum atomic E-state index is -0.913. The molecule has 0 spiro atoms. The van der Waals surface area contributed by atoms with E-state index in [1.54, 1.807) is 19.2 Å². The second-order valence-corrected chi connectivity index (χ2v) is 7.95. The van der Waals surface area contributed by atoms with E-state index in [0.29, 0.717) is 12.2 Å². The molecule has 0 fully saturated rings. The topological polar surface area (TPSA) is 55.8 Å². The van der Waals surface area contributed by atoms with Crippen LogP contribution >= 0.6 is 0 Å². The molecular weight excluding hydrogens is 400 g/mol. The maximum atomic E-state index is 11.2. The largest absolute Gasteiger partial charge is 0.497 e. The first kappa shape index (κ1) is 21.4. The zero-order valence-corrected chi connectivity index (χ0v) is 18.2. The molecule has 0 heterocycles. The number of benzene rings is 4. The highest BCUT2D eigenvalue weighted by atomic mass is 16.5. The highest BCUT2D eigenvalue weighted by Crippen LogP contribution is 2.37. The molecule has 4 aromatic carbocycles. The summed E-state index contributed by atoms with van der Waals surface area (Å²) in [5, 5.41) is 11.4. The molecular formula is C28H26O4. The van der Waals surface area contributed by atoms with Crippen LogP contribution in [0.3, 0.4) is 0 Å². The molecule has 0 amide bonds. The molecule has 162 valence electrons. The molecule has 0 aliphatic heterocycles. The van der Waals surface area contributed by atoms with Crippen molar-refractivity contribution in [2.24, 2.45) is 0 Å². The summed E-state index contributed by atoms with van der Waals surface area (Å²) in [7, 11) is 1.67. The third-order valence-electron chi connectivity index (χ3n) is 5.70. The normalized spacial score (nSPS) is 11.8. The first-order valence-corrected chi connectivity index (χ1v) is 10.6. The molecule has 1 N–H and O–H groups in total. The summed E-state index contributed by atoms with van der Waals surface area (Å²) in [5.74, 6) is 0.928. The number of carboxylic acids is 1. The van der Waals surface area contributed by atoms with E-state index in [1.165, 1.54) is 0 Å². The van der Waals surface area contributed by atoms with E-state index in [-0.39, 0.29) is 5.92 Å². The summed E-state index contributed by atoms with van der Waals surface area (Å²) >= 11 is 0. The third-order valence-corrected chi connectivity index (χ3v) is 5.70. The van der Waals surface area contributed by atoms with Crippen LogP contribution in [0.2, 0.25) is 0 Å². The molecule has 0 radical (unpaired) electrons. The van der Waals surface area contributed by atoms with Crippen LogP contribution in [0.1, 0.15) is 39.9 Å². The fourth-order valence-corrected chi connectivity index (χ4v) is 4.05. The first-order chi connectivity index (χ1) is 15.5. The Kier molecular flexibility index (Phi) is 6.41. The van der Waals surface area contributed by atoms with Crippen LogP contribution in [-0.4, -0.2) is 18.2 Å². The lowest BCUT2D eigenvalue weighted by Crippen LogP contribution is -2.05. The fourth-order valence-electron chi connectivity index (χ4n) is 4.05. The van der Waals surface area contributed by atoms with Gasteiger partial charge in [0.25, 0.3) is 0 Å². The minimum Gasteiger partial charge on any atom is -0.497 e. The highest BCUT2D eigenvalue weighted by molar-refractivity contribution is 5.89. The Hall–Kier alpha value is -3.79. The molecule has 4 heteroatoms. The molecule has 4 rings (SSSR count). The molecule has 0 saturated carbocycles. The van der Waals surface area contributed by atoms with E-state index in [1.807, 2.05) is 48.5 Å². The summed E-state index contributed by atoms with van der Waals surface area (Å²) in [5.41, 5.74) is 3.64. The van der Waals surface area contributed by atoms with Gasteiger partial charge in [-0.05, 0) is 64.6 Å². The average Bonchev–Trinajstić information content (AvgIpc) is 2.82. The van der Waals surface area contributed by atoms with Gasteiger partial charge in [-0.3, -0.25) is 0 Å². The standard InChI is InChI=1S/C28H26O4/c1-19(16-20-8-10-22(11-9-20)28(29)30)27-25-14-13-24(31-2)17-23(25)12-15-26(27)32-18-21-6-4-3-5-7-21/h3-15,17,19H,16,18H2,1-2H3,(H,29,30). The number of carboxylic acid groups (broad SMARTS) is 1. The van der Waals surface area contributed by atoms with Gasteiger partial charge in [0, 0.05) is 5.56 Å². The Morgan fingerprint density at radius 3 is 2.34 bits per heavy atom. The van der Waals surface area contributed by atoms with Crippen LogP contribution in [0.15, 0.2) is 84.9 Å². The van der Waals surface area contributed by atoms with Crippen LogP contribution in [0, 0.1) is 0 Å². The van der Waals surface area contributed by atoms with Gasteiger partial charge in [-0.1, -0.05) is 61.5 Å². The van der Waals surface area contributed by atoms with Crippen molar-refractivity contribution < 1.29 is 19.4 Å². The lowest BCUT2D eigenvalue weighted by Gasteiger charge is -2.20. The highest BCUT2D eigenvalue weighted by Gasteiger charge is 2.17. The lowest BCUT2D eigenvalue weighted by atomic mass is 9.88. The van der Waals surface area contributed by atoms with Gasteiger partial charge in [0.05, 0.1) is 12.7 Å². The molecule has 0 aliphatic carbocycles. The number of fused-ring (bicyclic) bond motifs is 1. The van der Waals surface area contributed by atoms with Crippen molar-refractivity contribution in [3.05, 3.63) is 107 Å². The zero-order valence-electron chi connectivity index (χ0n) is 18.2. The van der Waals surface area contributed by atoms with Gasteiger partial charge in [0.1, 0.15) is 18.1 Å². The lowest BCUT2D eigenvalue weighted by molar-refractivity contribution is 0.0697. The van der Waals surface area contributed by atoms with Gasteiger partial charge < -0.3 is 14.6 Å². The summed E-state index contributed by atoms with van der Waals surface area (Å²) in [4.78, 5) is 11.2. The Morgan fingerprint density at radius 2 is 1.66 bits per heavy atom. The van der Waals surface area contributed by atoms with Crippen LogP contribution in [0.25, 0.3) is 10.8 Å². The van der Waals surface area contributed by atoms with Crippen molar-refractivity contribution in [2.75, 3.05) is 7.11 Å². The van der Waals surface area contributed by atoms with E-state index < -0.39 is 5.97 Å². The Labute approximate surface area is 188 Å². The Bertz CT molecular complexity index is 1210. The molecule has 4 aromatic rings.